The maximum absolute atomic E-state index is 11.9. The van der Waals surface area contributed by atoms with Gasteiger partial charge in [-0.3, -0.25) is 0 Å². The van der Waals surface area contributed by atoms with E-state index in [4.69, 9.17) is 0 Å². The first kappa shape index (κ1) is 14.9. The molecule has 1 aromatic rings. The number of rotatable bonds is 6. The van der Waals surface area contributed by atoms with Crippen LogP contribution in [-0.2, 0) is 0 Å². The van der Waals surface area contributed by atoms with E-state index in [1.165, 1.54) is 18.4 Å². The summed E-state index contributed by atoms with van der Waals surface area (Å²) >= 11 is 0. The lowest BCUT2D eigenvalue weighted by Gasteiger charge is -2.15. The Kier molecular flexibility index (Phi) is 4.65. The molecule has 2 rings (SSSR count). The van der Waals surface area contributed by atoms with Gasteiger partial charge in [0, 0.05) is 18.3 Å². The van der Waals surface area contributed by atoms with Gasteiger partial charge in [-0.2, -0.15) is 0 Å². The van der Waals surface area contributed by atoms with E-state index in [1.54, 1.807) is 0 Å². The third kappa shape index (κ3) is 4.23. The van der Waals surface area contributed by atoms with Crippen LogP contribution in [0.25, 0.3) is 0 Å². The van der Waals surface area contributed by atoms with Crippen LogP contribution in [0.3, 0.4) is 0 Å². The first-order valence-corrected chi connectivity index (χ1v) is 7.41. The van der Waals surface area contributed by atoms with Gasteiger partial charge < -0.3 is 16.0 Å². The molecule has 110 valence electrons. The van der Waals surface area contributed by atoms with Crippen molar-refractivity contribution in [3.63, 3.8) is 0 Å². The highest BCUT2D eigenvalue weighted by molar-refractivity contribution is 5.89. The average molecular weight is 275 g/mol. The molecule has 1 aliphatic rings. The topological polar surface area (TPSA) is 53.2 Å². The molecule has 1 aromatic carbocycles. The highest BCUT2D eigenvalue weighted by atomic mass is 16.2. The summed E-state index contributed by atoms with van der Waals surface area (Å²) in [6.07, 6.45) is 2.42. The van der Waals surface area contributed by atoms with E-state index in [2.05, 4.69) is 42.8 Å². The molecule has 0 aromatic heterocycles. The van der Waals surface area contributed by atoms with E-state index < -0.39 is 0 Å². The first-order valence-electron chi connectivity index (χ1n) is 7.41. The van der Waals surface area contributed by atoms with Gasteiger partial charge in [-0.05, 0) is 49.4 Å². The number of hydrogen-bond donors (Lipinski definition) is 3. The minimum Gasteiger partial charge on any atom is -0.337 e. The van der Waals surface area contributed by atoms with Crippen molar-refractivity contribution in [3.8, 4) is 0 Å². The van der Waals surface area contributed by atoms with Gasteiger partial charge in [-0.25, -0.2) is 4.79 Å². The van der Waals surface area contributed by atoms with E-state index in [0.717, 1.165) is 18.8 Å². The highest BCUT2D eigenvalue weighted by Gasteiger charge is 2.37. The van der Waals surface area contributed by atoms with E-state index in [9.17, 15) is 4.79 Å². The van der Waals surface area contributed by atoms with Crippen LogP contribution in [0.1, 0.15) is 45.2 Å². The van der Waals surface area contributed by atoms with Gasteiger partial charge in [-0.15, -0.1) is 0 Å². The van der Waals surface area contributed by atoms with Crippen molar-refractivity contribution in [1.29, 1.82) is 0 Å². The zero-order chi connectivity index (χ0) is 14.6. The fraction of sp³-hybridized carbons (Fsp3) is 0.562. The molecule has 0 spiro atoms. The molecule has 0 saturated heterocycles. The molecule has 1 saturated carbocycles. The van der Waals surface area contributed by atoms with Gasteiger partial charge in [0.15, 0.2) is 0 Å². The second kappa shape index (κ2) is 6.27. The lowest BCUT2D eigenvalue weighted by Crippen LogP contribution is -2.33. The molecular formula is C16H25N3O. The maximum Gasteiger partial charge on any atom is 0.319 e. The SMILES string of the molecule is CCNC(C)c1cccc(NC(=O)NCC2(C)CC2)c1. The van der Waals surface area contributed by atoms with Crippen LogP contribution in [0.5, 0.6) is 0 Å². The summed E-state index contributed by atoms with van der Waals surface area (Å²) in [5.41, 5.74) is 2.35. The molecule has 3 N–H and O–H groups in total. The summed E-state index contributed by atoms with van der Waals surface area (Å²) < 4.78 is 0. The smallest absolute Gasteiger partial charge is 0.319 e. The van der Waals surface area contributed by atoms with Crippen LogP contribution >= 0.6 is 0 Å². The number of benzene rings is 1. The number of nitrogens with one attached hydrogen (secondary N) is 3. The van der Waals surface area contributed by atoms with Crippen LogP contribution in [-0.4, -0.2) is 19.1 Å². The minimum atomic E-state index is -0.119. The predicted molar refractivity (Wildman–Crippen MR) is 82.9 cm³/mol. The zero-order valence-corrected chi connectivity index (χ0v) is 12.6. The standard InChI is InChI=1S/C16H25N3O/c1-4-17-12(2)13-6-5-7-14(10-13)19-15(20)18-11-16(3)8-9-16/h5-7,10,12,17H,4,8-9,11H2,1-3H3,(H2,18,19,20). The monoisotopic (exact) mass is 275 g/mol. The number of carbonyl (C=O) groups is 1. The van der Waals surface area contributed by atoms with Crippen molar-refractivity contribution in [2.24, 2.45) is 5.41 Å². The van der Waals surface area contributed by atoms with Crippen molar-refractivity contribution in [3.05, 3.63) is 29.8 Å². The molecule has 1 fully saturated rings. The fourth-order valence-corrected chi connectivity index (χ4v) is 2.17. The first-order chi connectivity index (χ1) is 9.52. The highest BCUT2D eigenvalue weighted by Crippen LogP contribution is 2.43. The van der Waals surface area contributed by atoms with Gasteiger partial charge in [-0.1, -0.05) is 26.0 Å². The molecular weight excluding hydrogens is 250 g/mol. The van der Waals surface area contributed by atoms with E-state index >= 15 is 0 Å². The lowest BCUT2D eigenvalue weighted by molar-refractivity contribution is 0.250. The summed E-state index contributed by atoms with van der Waals surface area (Å²) in [5.74, 6) is 0. The normalized spacial score (nSPS) is 17.4. The fourth-order valence-electron chi connectivity index (χ4n) is 2.17. The maximum atomic E-state index is 11.9. The Morgan fingerprint density at radius 1 is 1.40 bits per heavy atom. The number of anilines is 1. The predicted octanol–water partition coefficient (Wildman–Crippen LogP) is 3.28. The number of urea groups is 1. The van der Waals surface area contributed by atoms with Crippen molar-refractivity contribution in [1.82, 2.24) is 10.6 Å². The van der Waals surface area contributed by atoms with E-state index in [0.29, 0.717) is 5.41 Å². The zero-order valence-electron chi connectivity index (χ0n) is 12.6. The third-order valence-electron chi connectivity index (χ3n) is 3.93. The molecule has 1 unspecified atom stereocenters. The second-order valence-corrected chi connectivity index (χ2v) is 6.02. The molecule has 2 amide bonds. The van der Waals surface area contributed by atoms with Crippen LogP contribution in [0.15, 0.2) is 24.3 Å². The molecule has 20 heavy (non-hydrogen) atoms. The van der Waals surface area contributed by atoms with Crippen molar-refractivity contribution in [2.45, 2.75) is 39.7 Å². The second-order valence-electron chi connectivity index (χ2n) is 6.02. The molecule has 0 aliphatic heterocycles. The van der Waals surface area contributed by atoms with Gasteiger partial charge in [0.25, 0.3) is 0 Å². The molecule has 4 nitrogen and oxygen atoms in total. The van der Waals surface area contributed by atoms with Crippen molar-refractivity contribution in [2.75, 3.05) is 18.4 Å². The van der Waals surface area contributed by atoms with Crippen LogP contribution in [0.4, 0.5) is 10.5 Å². The summed E-state index contributed by atoms with van der Waals surface area (Å²) in [4.78, 5) is 11.9. The number of hydrogen-bond acceptors (Lipinski definition) is 2. The minimum absolute atomic E-state index is 0.119. The molecule has 1 atom stereocenters. The molecule has 1 aliphatic carbocycles. The number of amides is 2. The lowest BCUT2D eigenvalue weighted by atomic mass is 10.1. The molecule has 4 heteroatoms. The quantitative estimate of drug-likeness (QED) is 0.746. The Morgan fingerprint density at radius 3 is 2.80 bits per heavy atom. The summed E-state index contributed by atoms with van der Waals surface area (Å²) in [6, 6.07) is 8.15. The van der Waals surface area contributed by atoms with Crippen molar-refractivity contribution < 1.29 is 4.79 Å². The Labute approximate surface area is 121 Å². The van der Waals surface area contributed by atoms with Gasteiger partial charge in [0.1, 0.15) is 0 Å². The summed E-state index contributed by atoms with van der Waals surface area (Å²) in [7, 11) is 0. The Hall–Kier alpha value is -1.55. The molecule has 0 heterocycles. The van der Waals surface area contributed by atoms with E-state index in [-0.39, 0.29) is 12.1 Å². The summed E-state index contributed by atoms with van der Waals surface area (Å²) in [5, 5.41) is 9.21. The average Bonchev–Trinajstić information content (AvgIpc) is 3.16. The Balaban J connectivity index is 1.88. The van der Waals surface area contributed by atoms with Gasteiger partial charge in [0.2, 0.25) is 0 Å². The third-order valence-corrected chi connectivity index (χ3v) is 3.93. The Bertz CT molecular complexity index is 469. The molecule has 0 bridgehead atoms. The van der Waals surface area contributed by atoms with Crippen molar-refractivity contribution >= 4 is 11.7 Å². The number of carbonyl (C=O) groups excluding carboxylic acids is 1. The summed E-state index contributed by atoms with van der Waals surface area (Å²) in [6.45, 7) is 8.09. The molecule has 0 radical (unpaired) electrons. The van der Waals surface area contributed by atoms with Crippen LogP contribution < -0.4 is 16.0 Å². The van der Waals surface area contributed by atoms with E-state index in [1.807, 2.05) is 18.2 Å². The van der Waals surface area contributed by atoms with Gasteiger partial charge in [0.05, 0.1) is 0 Å². The van der Waals surface area contributed by atoms with Crippen LogP contribution in [0.2, 0.25) is 0 Å². The van der Waals surface area contributed by atoms with Crippen LogP contribution in [0, 0.1) is 5.41 Å². The largest absolute Gasteiger partial charge is 0.337 e. The van der Waals surface area contributed by atoms with Gasteiger partial charge >= 0.3 is 6.03 Å². The Morgan fingerprint density at radius 2 is 2.15 bits per heavy atom.